The second kappa shape index (κ2) is 4.64. The molecule has 0 saturated carbocycles. The van der Waals surface area contributed by atoms with E-state index < -0.39 is 24.8 Å². The third-order valence-electron chi connectivity index (χ3n) is 0.770. The smallest absolute Gasteiger partial charge is 0.373 e. The van der Waals surface area contributed by atoms with E-state index in [2.05, 4.69) is 4.74 Å². The molecule has 0 radical (unpaired) electrons. The molecule has 0 aliphatic carbocycles. The topological polar surface area (TPSA) is 104 Å². The number of carbonyl (C=O) groups is 2. The monoisotopic (exact) mass is 164 g/mol. The minimum atomic E-state index is -2.14. The highest BCUT2D eigenvalue weighted by atomic mass is 16.7. The van der Waals surface area contributed by atoms with E-state index in [1.54, 1.807) is 0 Å². The lowest BCUT2D eigenvalue weighted by atomic mass is 10.5. The number of hydrogen-bond acceptors (Lipinski definition) is 5. The molecule has 0 spiro atoms. The predicted molar refractivity (Wildman–Crippen MR) is 31.4 cm³/mol. The zero-order valence-corrected chi connectivity index (χ0v) is 5.56. The van der Waals surface area contributed by atoms with E-state index in [9.17, 15) is 9.59 Å². The van der Waals surface area contributed by atoms with Gasteiger partial charge in [0.1, 0.15) is 0 Å². The van der Waals surface area contributed by atoms with Crippen molar-refractivity contribution in [3.8, 4) is 0 Å². The number of ether oxygens (including phenoxy) is 1. The van der Waals surface area contributed by atoms with E-state index in [0.717, 1.165) is 0 Å². The third kappa shape index (κ3) is 4.29. The van der Waals surface area contributed by atoms with Crippen LogP contribution in [-0.2, 0) is 14.3 Å². The SMILES string of the molecule is O=C(CCO)OC(O)C(=O)O. The predicted octanol–water partition coefficient (Wildman–Crippen LogP) is -1.69. The molecule has 0 bridgehead atoms. The highest BCUT2D eigenvalue weighted by Crippen LogP contribution is 1.91. The summed E-state index contributed by atoms with van der Waals surface area (Å²) in [6, 6.07) is 0. The maximum absolute atomic E-state index is 10.4. The second-order valence-corrected chi connectivity index (χ2v) is 1.65. The first-order valence-corrected chi connectivity index (χ1v) is 2.79. The summed E-state index contributed by atoms with van der Waals surface area (Å²) in [5.74, 6) is -2.60. The summed E-state index contributed by atoms with van der Waals surface area (Å²) in [7, 11) is 0. The Morgan fingerprint density at radius 3 is 2.36 bits per heavy atom. The minimum Gasteiger partial charge on any atom is -0.477 e. The van der Waals surface area contributed by atoms with Crippen LogP contribution in [0.1, 0.15) is 6.42 Å². The largest absolute Gasteiger partial charge is 0.477 e. The molecule has 0 aromatic heterocycles. The van der Waals surface area contributed by atoms with Crippen molar-refractivity contribution in [3.05, 3.63) is 0 Å². The van der Waals surface area contributed by atoms with Crippen molar-refractivity contribution in [3.63, 3.8) is 0 Å². The van der Waals surface area contributed by atoms with Crippen LogP contribution in [0, 0.1) is 0 Å². The van der Waals surface area contributed by atoms with Crippen molar-refractivity contribution >= 4 is 11.9 Å². The van der Waals surface area contributed by atoms with Gasteiger partial charge >= 0.3 is 11.9 Å². The Morgan fingerprint density at radius 1 is 1.45 bits per heavy atom. The number of rotatable bonds is 4. The fourth-order valence-electron chi connectivity index (χ4n) is 0.325. The van der Waals surface area contributed by atoms with Gasteiger partial charge in [-0.2, -0.15) is 0 Å². The van der Waals surface area contributed by atoms with E-state index in [1.165, 1.54) is 0 Å². The molecule has 3 N–H and O–H groups in total. The van der Waals surface area contributed by atoms with Gasteiger partial charge in [-0.1, -0.05) is 0 Å². The third-order valence-corrected chi connectivity index (χ3v) is 0.770. The fourth-order valence-corrected chi connectivity index (χ4v) is 0.325. The molecule has 11 heavy (non-hydrogen) atoms. The summed E-state index contributed by atoms with van der Waals surface area (Å²) in [6.07, 6.45) is -2.47. The van der Waals surface area contributed by atoms with Gasteiger partial charge in [-0.25, -0.2) is 4.79 Å². The number of aliphatic hydroxyl groups is 2. The molecule has 64 valence electrons. The molecular formula is C5H8O6. The molecule has 0 rings (SSSR count). The van der Waals surface area contributed by atoms with Gasteiger partial charge in [-0.3, -0.25) is 4.79 Å². The minimum absolute atomic E-state index is 0.329. The van der Waals surface area contributed by atoms with Gasteiger partial charge in [-0.15, -0.1) is 0 Å². The molecular weight excluding hydrogens is 156 g/mol. The normalized spacial score (nSPS) is 12.2. The van der Waals surface area contributed by atoms with E-state index in [0.29, 0.717) is 0 Å². The molecule has 0 aromatic carbocycles. The Morgan fingerprint density at radius 2 is 2.00 bits per heavy atom. The lowest BCUT2D eigenvalue weighted by Gasteiger charge is -2.05. The van der Waals surface area contributed by atoms with Gasteiger partial charge < -0.3 is 20.1 Å². The van der Waals surface area contributed by atoms with E-state index in [-0.39, 0.29) is 6.42 Å². The Bertz CT molecular complexity index is 153. The van der Waals surface area contributed by atoms with Crippen LogP contribution in [0.2, 0.25) is 0 Å². The Balaban J connectivity index is 3.66. The quantitative estimate of drug-likeness (QED) is 0.338. The maximum Gasteiger partial charge on any atom is 0.373 e. The van der Waals surface area contributed by atoms with Crippen molar-refractivity contribution in [2.45, 2.75) is 12.7 Å². The summed E-state index contributed by atoms with van der Waals surface area (Å²) in [5, 5.41) is 24.6. The van der Waals surface area contributed by atoms with E-state index in [1.807, 2.05) is 0 Å². The van der Waals surface area contributed by atoms with Gasteiger partial charge in [0.15, 0.2) is 0 Å². The van der Waals surface area contributed by atoms with Crippen molar-refractivity contribution < 1.29 is 29.6 Å². The highest BCUT2D eigenvalue weighted by Gasteiger charge is 2.17. The van der Waals surface area contributed by atoms with Crippen LogP contribution in [0.3, 0.4) is 0 Å². The maximum atomic E-state index is 10.4. The second-order valence-electron chi connectivity index (χ2n) is 1.65. The Kier molecular flexibility index (Phi) is 4.16. The molecule has 0 fully saturated rings. The molecule has 6 nitrogen and oxygen atoms in total. The lowest BCUT2D eigenvalue weighted by Crippen LogP contribution is -2.26. The van der Waals surface area contributed by atoms with Gasteiger partial charge in [0.25, 0.3) is 6.29 Å². The van der Waals surface area contributed by atoms with Crippen LogP contribution in [0.15, 0.2) is 0 Å². The molecule has 0 aliphatic rings. The van der Waals surface area contributed by atoms with Gasteiger partial charge in [0, 0.05) is 0 Å². The first-order chi connectivity index (χ1) is 5.07. The fraction of sp³-hybridized carbons (Fsp3) is 0.600. The summed E-state index contributed by atoms with van der Waals surface area (Å²) < 4.78 is 3.91. The van der Waals surface area contributed by atoms with E-state index in [4.69, 9.17) is 15.3 Å². The number of hydrogen-bond donors (Lipinski definition) is 3. The zero-order chi connectivity index (χ0) is 8.85. The molecule has 0 aliphatic heterocycles. The van der Waals surface area contributed by atoms with E-state index >= 15 is 0 Å². The average molecular weight is 164 g/mol. The average Bonchev–Trinajstić information content (AvgIpc) is 1.87. The summed E-state index contributed by atoms with van der Waals surface area (Å²) in [6.45, 7) is -0.439. The summed E-state index contributed by atoms with van der Waals surface area (Å²) >= 11 is 0. The molecule has 0 amide bonds. The van der Waals surface area contributed by atoms with Crippen LogP contribution in [0.5, 0.6) is 0 Å². The standard InChI is InChI=1S/C5H8O6/c6-2-1-3(7)11-5(10)4(8)9/h5-6,10H,1-2H2,(H,8,9). The van der Waals surface area contributed by atoms with Crippen molar-refractivity contribution in [2.24, 2.45) is 0 Å². The summed E-state index contributed by atoms with van der Waals surface area (Å²) in [5.41, 5.74) is 0. The van der Waals surface area contributed by atoms with Crippen LogP contribution in [-0.4, -0.2) is 40.2 Å². The first kappa shape index (κ1) is 9.86. The Hall–Kier alpha value is -1.14. The number of carboxylic acid groups (broad SMARTS) is 1. The number of carboxylic acids is 1. The highest BCUT2D eigenvalue weighted by molar-refractivity contribution is 5.76. The van der Waals surface area contributed by atoms with Crippen molar-refractivity contribution in [1.29, 1.82) is 0 Å². The number of aliphatic hydroxyl groups excluding tert-OH is 2. The zero-order valence-electron chi connectivity index (χ0n) is 5.56. The number of aliphatic carboxylic acids is 1. The van der Waals surface area contributed by atoms with Gasteiger partial charge in [0.2, 0.25) is 0 Å². The van der Waals surface area contributed by atoms with Crippen molar-refractivity contribution in [2.75, 3.05) is 6.61 Å². The molecule has 1 atom stereocenters. The van der Waals surface area contributed by atoms with Gasteiger partial charge in [0.05, 0.1) is 13.0 Å². The summed E-state index contributed by atoms with van der Waals surface area (Å²) in [4.78, 5) is 20.2. The molecule has 1 unspecified atom stereocenters. The van der Waals surface area contributed by atoms with Crippen molar-refractivity contribution in [1.82, 2.24) is 0 Å². The lowest BCUT2D eigenvalue weighted by molar-refractivity contribution is -0.187. The molecule has 0 saturated heterocycles. The van der Waals surface area contributed by atoms with Gasteiger partial charge in [-0.05, 0) is 0 Å². The first-order valence-electron chi connectivity index (χ1n) is 2.79. The van der Waals surface area contributed by atoms with Crippen LogP contribution in [0.25, 0.3) is 0 Å². The molecule has 6 heteroatoms. The van der Waals surface area contributed by atoms with Crippen LogP contribution in [0.4, 0.5) is 0 Å². The number of esters is 1. The Labute approximate surface area is 62.0 Å². The molecule has 0 heterocycles. The number of carbonyl (C=O) groups excluding carboxylic acids is 1. The van der Waals surface area contributed by atoms with Crippen LogP contribution >= 0.6 is 0 Å². The van der Waals surface area contributed by atoms with Crippen LogP contribution < -0.4 is 0 Å². The molecule has 0 aromatic rings.